The predicted octanol–water partition coefficient (Wildman–Crippen LogP) is 4.59. The lowest BCUT2D eigenvalue weighted by Gasteiger charge is -2.17. The van der Waals surface area contributed by atoms with Gasteiger partial charge in [0.15, 0.2) is 11.5 Å². The molecule has 0 radical (unpaired) electrons. The van der Waals surface area contributed by atoms with Gasteiger partial charge in [-0.15, -0.1) is 0 Å². The molecule has 0 spiro atoms. The summed E-state index contributed by atoms with van der Waals surface area (Å²) in [4.78, 5) is 8.38. The zero-order valence-electron chi connectivity index (χ0n) is 17.0. The average Bonchev–Trinajstić information content (AvgIpc) is 3.32. The standard InChI is InChI=1S/C24H23N3O3/c1-28-22-12-20(15-27-11-10-25-17-27)21(19-6-4-3-5-7-19)13-23(22)30-16-18-8-9-24(29-2)26-14-18/h3-14,17H,15-16H2,1-2H3. The zero-order valence-corrected chi connectivity index (χ0v) is 17.0. The van der Waals surface area contributed by atoms with Crippen molar-refractivity contribution >= 4 is 0 Å². The number of aromatic nitrogens is 3. The second-order valence-corrected chi connectivity index (χ2v) is 6.76. The fourth-order valence-electron chi connectivity index (χ4n) is 3.25. The summed E-state index contributed by atoms with van der Waals surface area (Å²) >= 11 is 0. The predicted molar refractivity (Wildman–Crippen MR) is 115 cm³/mol. The van der Waals surface area contributed by atoms with Gasteiger partial charge in [-0.3, -0.25) is 0 Å². The van der Waals surface area contributed by atoms with E-state index in [1.807, 2.05) is 59.6 Å². The van der Waals surface area contributed by atoms with E-state index in [1.54, 1.807) is 26.6 Å². The molecule has 0 amide bonds. The van der Waals surface area contributed by atoms with Gasteiger partial charge in [0.2, 0.25) is 5.88 Å². The lowest BCUT2D eigenvalue weighted by atomic mass is 9.98. The van der Waals surface area contributed by atoms with E-state index in [0.717, 1.165) is 22.3 Å². The van der Waals surface area contributed by atoms with Crippen molar-refractivity contribution in [1.29, 1.82) is 0 Å². The van der Waals surface area contributed by atoms with Crippen LogP contribution in [0.25, 0.3) is 11.1 Å². The second kappa shape index (κ2) is 9.13. The van der Waals surface area contributed by atoms with Crippen molar-refractivity contribution in [3.63, 3.8) is 0 Å². The smallest absolute Gasteiger partial charge is 0.212 e. The lowest BCUT2D eigenvalue weighted by Crippen LogP contribution is -2.03. The molecule has 0 saturated heterocycles. The number of pyridine rings is 1. The third-order valence-corrected chi connectivity index (χ3v) is 4.79. The van der Waals surface area contributed by atoms with Gasteiger partial charge in [-0.1, -0.05) is 30.3 Å². The van der Waals surface area contributed by atoms with Crippen LogP contribution in [0.2, 0.25) is 0 Å². The Labute approximate surface area is 175 Å². The highest BCUT2D eigenvalue weighted by Crippen LogP contribution is 2.36. The molecule has 0 N–H and O–H groups in total. The molecule has 152 valence electrons. The van der Waals surface area contributed by atoms with Crippen molar-refractivity contribution < 1.29 is 14.2 Å². The Kier molecular flexibility index (Phi) is 5.94. The quantitative estimate of drug-likeness (QED) is 0.432. The molecule has 4 aromatic rings. The third kappa shape index (κ3) is 4.43. The van der Waals surface area contributed by atoms with Gasteiger partial charge in [0.25, 0.3) is 0 Å². The maximum absolute atomic E-state index is 6.12. The largest absolute Gasteiger partial charge is 0.493 e. The highest BCUT2D eigenvalue weighted by Gasteiger charge is 2.14. The normalized spacial score (nSPS) is 10.6. The van der Waals surface area contributed by atoms with E-state index < -0.39 is 0 Å². The Morgan fingerprint density at radius 2 is 1.80 bits per heavy atom. The van der Waals surface area contributed by atoms with Crippen molar-refractivity contribution in [1.82, 2.24) is 14.5 Å². The summed E-state index contributed by atoms with van der Waals surface area (Å²) in [5.74, 6) is 1.94. The summed E-state index contributed by atoms with van der Waals surface area (Å²) in [7, 11) is 3.25. The third-order valence-electron chi connectivity index (χ3n) is 4.79. The molecule has 4 rings (SSSR count). The van der Waals surface area contributed by atoms with Gasteiger partial charge in [-0.2, -0.15) is 0 Å². The molecule has 2 aromatic carbocycles. The molecule has 30 heavy (non-hydrogen) atoms. The number of rotatable bonds is 8. The Morgan fingerprint density at radius 3 is 2.47 bits per heavy atom. The number of methoxy groups -OCH3 is 2. The molecule has 0 aliphatic carbocycles. The fraction of sp³-hybridized carbons (Fsp3) is 0.167. The average molecular weight is 401 g/mol. The molecule has 0 fully saturated rings. The van der Waals surface area contributed by atoms with Gasteiger partial charge in [0, 0.05) is 36.8 Å². The summed E-state index contributed by atoms with van der Waals surface area (Å²) in [5, 5.41) is 0. The van der Waals surface area contributed by atoms with Gasteiger partial charge in [0.05, 0.1) is 20.5 Å². The van der Waals surface area contributed by atoms with Crippen LogP contribution in [0.3, 0.4) is 0 Å². The first-order chi connectivity index (χ1) is 14.8. The maximum atomic E-state index is 6.12. The number of hydrogen-bond donors (Lipinski definition) is 0. The van der Waals surface area contributed by atoms with Crippen LogP contribution >= 0.6 is 0 Å². The highest BCUT2D eigenvalue weighted by molar-refractivity contribution is 5.71. The first-order valence-corrected chi connectivity index (χ1v) is 9.60. The first kappa shape index (κ1) is 19.5. The van der Waals surface area contributed by atoms with Gasteiger partial charge < -0.3 is 18.8 Å². The molecule has 0 aliphatic heterocycles. The van der Waals surface area contributed by atoms with E-state index in [0.29, 0.717) is 30.5 Å². The zero-order chi connectivity index (χ0) is 20.8. The van der Waals surface area contributed by atoms with Crippen LogP contribution in [-0.2, 0) is 13.2 Å². The summed E-state index contributed by atoms with van der Waals surface area (Å²) < 4.78 is 18.9. The van der Waals surface area contributed by atoms with Crippen LogP contribution in [0.15, 0.2) is 79.5 Å². The summed E-state index contributed by atoms with van der Waals surface area (Å²) in [6.45, 7) is 1.06. The van der Waals surface area contributed by atoms with E-state index in [4.69, 9.17) is 14.2 Å². The molecular formula is C24H23N3O3. The molecular weight excluding hydrogens is 378 g/mol. The number of hydrogen-bond acceptors (Lipinski definition) is 5. The lowest BCUT2D eigenvalue weighted by molar-refractivity contribution is 0.283. The van der Waals surface area contributed by atoms with Gasteiger partial charge in [0.1, 0.15) is 6.61 Å². The molecule has 0 aliphatic rings. The summed E-state index contributed by atoms with van der Waals surface area (Å²) in [6, 6.07) is 18.1. The van der Waals surface area contributed by atoms with Crippen LogP contribution in [0.5, 0.6) is 17.4 Å². The molecule has 6 heteroatoms. The van der Waals surface area contributed by atoms with Crippen LogP contribution in [-0.4, -0.2) is 28.8 Å². The molecule has 2 aromatic heterocycles. The Bertz CT molecular complexity index is 1080. The van der Waals surface area contributed by atoms with Crippen LogP contribution in [0, 0.1) is 0 Å². The van der Waals surface area contributed by atoms with Crippen molar-refractivity contribution in [3.8, 4) is 28.5 Å². The number of nitrogens with zero attached hydrogens (tertiary/aromatic N) is 3. The van der Waals surface area contributed by atoms with Gasteiger partial charge in [-0.25, -0.2) is 9.97 Å². The second-order valence-electron chi connectivity index (χ2n) is 6.76. The SMILES string of the molecule is COc1ccc(COc2cc(-c3ccccc3)c(Cn3ccnc3)cc2OC)cn1. The van der Waals surface area contributed by atoms with E-state index in [9.17, 15) is 0 Å². The minimum Gasteiger partial charge on any atom is -0.493 e. The van der Waals surface area contributed by atoms with E-state index in [-0.39, 0.29) is 0 Å². The van der Waals surface area contributed by atoms with Crippen LogP contribution in [0.4, 0.5) is 0 Å². The van der Waals surface area contributed by atoms with Crippen LogP contribution < -0.4 is 14.2 Å². The molecule has 2 heterocycles. The van der Waals surface area contributed by atoms with Crippen molar-refractivity contribution in [3.05, 3.63) is 90.6 Å². The minimum absolute atomic E-state index is 0.377. The van der Waals surface area contributed by atoms with Crippen LogP contribution in [0.1, 0.15) is 11.1 Å². The Morgan fingerprint density at radius 1 is 0.933 bits per heavy atom. The minimum atomic E-state index is 0.377. The Hall–Kier alpha value is -3.80. The molecule has 6 nitrogen and oxygen atoms in total. The van der Waals surface area contributed by atoms with Crippen molar-refractivity contribution in [2.45, 2.75) is 13.2 Å². The number of ether oxygens (including phenoxy) is 3. The molecule has 0 saturated carbocycles. The number of imidazole rings is 1. The molecule has 0 unspecified atom stereocenters. The molecule has 0 atom stereocenters. The van der Waals surface area contributed by atoms with Gasteiger partial charge in [-0.05, 0) is 34.9 Å². The van der Waals surface area contributed by atoms with Crippen molar-refractivity contribution in [2.75, 3.05) is 14.2 Å². The maximum Gasteiger partial charge on any atom is 0.212 e. The fourth-order valence-corrected chi connectivity index (χ4v) is 3.25. The first-order valence-electron chi connectivity index (χ1n) is 9.60. The summed E-state index contributed by atoms with van der Waals surface area (Å²) in [6.07, 6.45) is 7.28. The van der Waals surface area contributed by atoms with Gasteiger partial charge >= 0.3 is 0 Å². The topological polar surface area (TPSA) is 58.4 Å². The van der Waals surface area contributed by atoms with E-state index in [1.165, 1.54) is 0 Å². The monoisotopic (exact) mass is 401 g/mol. The van der Waals surface area contributed by atoms with E-state index >= 15 is 0 Å². The van der Waals surface area contributed by atoms with E-state index in [2.05, 4.69) is 22.1 Å². The summed E-state index contributed by atoms with van der Waals surface area (Å²) in [5.41, 5.74) is 4.27. The highest BCUT2D eigenvalue weighted by atomic mass is 16.5. The number of benzene rings is 2. The van der Waals surface area contributed by atoms with Crippen molar-refractivity contribution in [2.24, 2.45) is 0 Å². The Balaban J connectivity index is 1.67. The molecule has 0 bridgehead atoms.